The Morgan fingerprint density at radius 1 is 0.778 bits per heavy atom. The average Bonchev–Trinajstić information content (AvgIpc) is 2.66. The summed E-state index contributed by atoms with van der Waals surface area (Å²) in [4.78, 5) is 23.5. The maximum atomic E-state index is 12.0. The number of halogens is 1. The molecule has 0 bridgehead atoms. The standard InChI is InChI=1S/C22H19ClO4/c23-17-9-6-14(7-10-17)4-5-15-2-1-3-16(12-15)8-11-18-21(26)19(24)13-20(25)22(18)27/h1-3,6-7,9-10,12-13,24,27H,4-5,8,11H2. The van der Waals surface area contributed by atoms with Crippen LogP contribution in [0.15, 0.2) is 71.7 Å². The van der Waals surface area contributed by atoms with E-state index in [1.807, 2.05) is 42.5 Å². The number of carbonyl (C=O) groups is 2. The molecule has 0 aliphatic heterocycles. The molecule has 0 heterocycles. The Bertz CT molecular complexity index is 939. The third-order valence-electron chi connectivity index (χ3n) is 4.56. The number of rotatable bonds is 6. The second-order valence-corrected chi connectivity index (χ2v) is 6.93. The summed E-state index contributed by atoms with van der Waals surface area (Å²) < 4.78 is 0. The van der Waals surface area contributed by atoms with E-state index in [-0.39, 0.29) is 12.0 Å². The number of Topliss-reactive ketones (excluding diaryl/α,β-unsaturated/α-hetero) is 1. The minimum absolute atomic E-state index is 0.0356. The highest BCUT2D eigenvalue weighted by atomic mass is 35.5. The number of aliphatic hydroxyl groups is 2. The van der Waals surface area contributed by atoms with E-state index in [0.717, 1.165) is 35.1 Å². The molecule has 2 aromatic carbocycles. The van der Waals surface area contributed by atoms with Crippen molar-refractivity contribution in [3.05, 3.63) is 93.4 Å². The molecular formula is C22H19ClO4. The monoisotopic (exact) mass is 382 g/mol. The van der Waals surface area contributed by atoms with Crippen molar-refractivity contribution in [2.24, 2.45) is 0 Å². The highest BCUT2D eigenvalue weighted by Gasteiger charge is 2.27. The normalized spacial score (nSPS) is 14.5. The second-order valence-electron chi connectivity index (χ2n) is 6.50. The molecule has 0 saturated heterocycles. The first kappa shape index (κ1) is 18.9. The summed E-state index contributed by atoms with van der Waals surface area (Å²) in [6.07, 6.45) is 3.18. The zero-order valence-electron chi connectivity index (χ0n) is 14.6. The zero-order chi connectivity index (χ0) is 19.4. The Labute approximate surface area is 162 Å². The van der Waals surface area contributed by atoms with E-state index in [9.17, 15) is 19.8 Å². The number of aliphatic hydroxyl groups excluding tert-OH is 2. The molecule has 1 aliphatic rings. The summed E-state index contributed by atoms with van der Waals surface area (Å²) in [5.41, 5.74) is 3.33. The van der Waals surface area contributed by atoms with Gasteiger partial charge in [0.05, 0.1) is 0 Å². The van der Waals surface area contributed by atoms with Crippen LogP contribution < -0.4 is 0 Å². The molecule has 0 fully saturated rings. The Morgan fingerprint density at radius 2 is 1.37 bits per heavy atom. The van der Waals surface area contributed by atoms with Gasteiger partial charge in [0, 0.05) is 16.7 Å². The number of benzene rings is 2. The number of aryl methyl sites for hydroxylation is 3. The van der Waals surface area contributed by atoms with Gasteiger partial charge >= 0.3 is 0 Å². The molecule has 3 rings (SSSR count). The molecule has 2 aromatic rings. The predicted molar refractivity (Wildman–Crippen MR) is 104 cm³/mol. The van der Waals surface area contributed by atoms with Crippen LogP contribution >= 0.6 is 11.6 Å². The maximum Gasteiger partial charge on any atom is 0.227 e. The largest absolute Gasteiger partial charge is 0.504 e. The van der Waals surface area contributed by atoms with Crippen LogP contribution in [0.4, 0.5) is 0 Å². The van der Waals surface area contributed by atoms with Crippen molar-refractivity contribution in [1.82, 2.24) is 0 Å². The third-order valence-corrected chi connectivity index (χ3v) is 4.82. The van der Waals surface area contributed by atoms with Crippen LogP contribution in [0.1, 0.15) is 23.1 Å². The molecule has 0 amide bonds. The predicted octanol–water partition coefficient (Wildman–Crippen LogP) is 4.46. The number of ketones is 2. The summed E-state index contributed by atoms with van der Waals surface area (Å²) in [5.74, 6) is -2.62. The maximum absolute atomic E-state index is 12.0. The fourth-order valence-corrected chi connectivity index (χ4v) is 3.18. The molecular weight excluding hydrogens is 364 g/mol. The molecule has 0 atom stereocenters. The van der Waals surface area contributed by atoms with Crippen LogP contribution in [-0.4, -0.2) is 21.8 Å². The number of hydrogen-bond donors (Lipinski definition) is 2. The van der Waals surface area contributed by atoms with E-state index in [0.29, 0.717) is 6.42 Å². The van der Waals surface area contributed by atoms with Gasteiger partial charge in [-0.2, -0.15) is 0 Å². The Balaban J connectivity index is 1.64. The van der Waals surface area contributed by atoms with Crippen molar-refractivity contribution in [3.8, 4) is 0 Å². The van der Waals surface area contributed by atoms with E-state index in [1.165, 1.54) is 5.56 Å². The Hall–Kier alpha value is -2.85. The molecule has 0 saturated carbocycles. The quantitative estimate of drug-likeness (QED) is 0.723. The van der Waals surface area contributed by atoms with Crippen LogP contribution in [-0.2, 0) is 28.9 Å². The molecule has 0 spiro atoms. The Kier molecular flexibility index (Phi) is 5.77. The van der Waals surface area contributed by atoms with Gasteiger partial charge in [-0.15, -0.1) is 0 Å². The summed E-state index contributed by atoms with van der Waals surface area (Å²) in [7, 11) is 0. The van der Waals surface area contributed by atoms with E-state index >= 15 is 0 Å². The van der Waals surface area contributed by atoms with Gasteiger partial charge in [0.25, 0.3) is 0 Å². The second kappa shape index (κ2) is 8.23. The minimum Gasteiger partial charge on any atom is -0.504 e. The van der Waals surface area contributed by atoms with E-state index < -0.39 is 23.1 Å². The molecule has 5 heteroatoms. The van der Waals surface area contributed by atoms with Crippen LogP contribution in [0.2, 0.25) is 5.02 Å². The first-order valence-corrected chi connectivity index (χ1v) is 9.06. The highest BCUT2D eigenvalue weighted by Crippen LogP contribution is 2.22. The van der Waals surface area contributed by atoms with Gasteiger partial charge in [-0.1, -0.05) is 48.0 Å². The number of allylic oxidation sites excluding steroid dienone is 2. The van der Waals surface area contributed by atoms with Crippen molar-refractivity contribution in [2.45, 2.75) is 25.7 Å². The van der Waals surface area contributed by atoms with Gasteiger partial charge in [0.2, 0.25) is 11.6 Å². The Morgan fingerprint density at radius 3 is 2.04 bits per heavy atom. The van der Waals surface area contributed by atoms with Gasteiger partial charge in [0.1, 0.15) is 0 Å². The van der Waals surface area contributed by atoms with Gasteiger partial charge in [0.15, 0.2) is 11.5 Å². The smallest absolute Gasteiger partial charge is 0.227 e. The number of carbonyl (C=O) groups excluding carboxylic acids is 2. The van der Waals surface area contributed by atoms with E-state index in [1.54, 1.807) is 0 Å². The minimum atomic E-state index is -0.737. The van der Waals surface area contributed by atoms with Crippen molar-refractivity contribution in [3.63, 3.8) is 0 Å². The lowest BCUT2D eigenvalue weighted by Gasteiger charge is -2.13. The molecule has 1 aliphatic carbocycles. The van der Waals surface area contributed by atoms with Crippen molar-refractivity contribution in [2.75, 3.05) is 0 Å². The van der Waals surface area contributed by atoms with Crippen LogP contribution in [0, 0.1) is 0 Å². The topological polar surface area (TPSA) is 74.6 Å². The molecule has 0 radical (unpaired) electrons. The molecule has 0 unspecified atom stereocenters. The van der Waals surface area contributed by atoms with Crippen LogP contribution in [0.3, 0.4) is 0 Å². The van der Waals surface area contributed by atoms with Crippen molar-refractivity contribution >= 4 is 23.2 Å². The summed E-state index contributed by atoms with van der Waals surface area (Å²) in [6, 6.07) is 15.7. The molecule has 27 heavy (non-hydrogen) atoms. The molecule has 2 N–H and O–H groups in total. The first-order valence-electron chi connectivity index (χ1n) is 8.68. The summed E-state index contributed by atoms with van der Waals surface area (Å²) >= 11 is 5.90. The lowest BCUT2D eigenvalue weighted by atomic mass is 9.93. The molecule has 0 aromatic heterocycles. The van der Waals surface area contributed by atoms with E-state index in [2.05, 4.69) is 6.07 Å². The van der Waals surface area contributed by atoms with Crippen LogP contribution in [0.5, 0.6) is 0 Å². The van der Waals surface area contributed by atoms with Gasteiger partial charge < -0.3 is 10.2 Å². The highest BCUT2D eigenvalue weighted by molar-refractivity contribution is 6.30. The lowest BCUT2D eigenvalue weighted by molar-refractivity contribution is -0.119. The SMILES string of the molecule is O=C1C=C(O)C(=O)C(CCc2cccc(CCc3ccc(Cl)cc3)c2)=C1O. The lowest BCUT2D eigenvalue weighted by Crippen LogP contribution is -2.19. The fourth-order valence-electron chi connectivity index (χ4n) is 3.05. The molecule has 4 nitrogen and oxygen atoms in total. The van der Waals surface area contributed by atoms with E-state index in [4.69, 9.17) is 11.6 Å². The van der Waals surface area contributed by atoms with Crippen molar-refractivity contribution < 1.29 is 19.8 Å². The third kappa shape index (κ3) is 4.66. The summed E-state index contributed by atoms with van der Waals surface area (Å²) in [5, 5.41) is 20.1. The fraction of sp³-hybridized carbons (Fsp3) is 0.182. The first-order chi connectivity index (χ1) is 12.9. The zero-order valence-corrected chi connectivity index (χ0v) is 15.4. The van der Waals surface area contributed by atoms with Crippen molar-refractivity contribution in [1.29, 1.82) is 0 Å². The van der Waals surface area contributed by atoms with Gasteiger partial charge in [-0.3, -0.25) is 9.59 Å². The van der Waals surface area contributed by atoms with Gasteiger partial charge in [-0.05, 0) is 54.5 Å². The van der Waals surface area contributed by atoms with Crippen LogP contribution in [0.25, 0.3) is 0 Å². The average molecular weight is 383 g/mol. The summed E-state index contributed by atoms with van der Waals surface area (Å²) in [6.45, 7) is 0. The molecule has 138 valence electrons. The number of hydrogen-bond acceptors (Lipinski definition) is 4. The van der Waals surface area contributed by atoms with Gasteiger partial charge in [-0.25, -0.2) is 0 Å².